The minimum atomic E-state index is -3.51. The molecule has 4 nitrogen and oxygen atoms in total. The molecule has 6 heteroatoms. The van der Waals surface area contributed by atoms with E-state index in [1.54, 1.807) is 27.8 Å². The van der Waals surface area contributed by atoms with Gasteiger partial charge in [-0.15, -0.1) is 11.3 Å². The molecule has 2 heterocycles. The second-order valence-corrected chi connectivity index (χ2v) is 7.80. The maximum absolute atomic E-state index is 12.8. The Kier molecular flexibility index (Phi) is 3.81. The predicted octanol–water partition coefficient (Wildman–Crippen LogP) is 3.15. The monoisotopic (exact) mass is 318 g/mol. The summed E-state index contributed by atoms with van der Waals surface area (Å²) in [5.41, 5.74) is 0.463. The second-order valence-electron chi connectivity index (χ2n) is 4.93. The van der Waals surface area contributed by atoms with Gasteiger partial charge in [0.15, 0.2) is 0 Å². The van der Waals surface area contributed by atoms with Crippen molar-refractivity contribution < 1.29 is 8.42 Å². The molecule has 0 amide bonds. The van der Waals surface area contributed by atoms with Crippen LogP contribution in [-0.2, 0) is 10.0 Å². The zero-order valence-electron chi connectivity index (χ0n) is 11.3. The summed E-state index contributed by atoms with van der Waals surface area (Å²) >= 11 is 1.59. The van der Waals surface area contributed by atoms with E-state index < -0.39 is 10.0 Å². The predicted molar refractivity (Wildman–Crippen MR) is 81.3 cm³/mol. The molecule has 108 valence electrons. The van der Waals surface area contributed by atoms with Crippen LogP contribution in [0, 0.1) is 11.3 Å². The Hall–Kier alpha value is -1.68. The third kappa shape index (κ3) is 2.60. The molecule has 21 heavy (non-hydrogen) atoms. The first kappa shape index (κ1) is 14.3. The first-order valence-electron chi connectivity index (χ1n) is 6.68. The summed E-state index contributed by atoms with van der Waals surface area (Å²) in [6.45, 7) is 0.547. The van der Waals surface area contributed by atoms with Crippen LogP contribution in [0.25, 0.3) is 0 Å². The lowest BCUT2D eigenvalue weighted by molar-refractivity contribution is 0.401. The van der Waals surface area contributed by atoms with Gasteiger partial charge < -0.3 is 0 Å². The number of benzene rings is 1. The Bertz CT molecular complexity index is 759. The molecule has 1 saturated heterocycles. The summed E-state index contributed by atoms with van der Waals surface area (Å²) in [5, 5.41) is 10.8. The maximum atomic E-state index is 12.8. The fourth-order valence-electron chi connectivity index (χ4n) is 2.63. The van der Waals surface area contributed by atoms with E-state index in [1.807, 2.05) is 23.6 Å². The fourth-order valence-corrected chi connectivity index (χ4v) is 5.24. The standard InChI is InChI=1S/C15H14N2O2S2/c16-11-12-5-7-13(8-6-12)21(18,19)17-9-1-3-14(17)15-4-2-10-20-15/h2,4-8,10,14H,1,3,9H2/t14-/m1/s1. The average Bonchev–Trinajstić information content (AvgIpc) is 3.17. The lowest BCUT2D eigenvalue weighted by atomic mass is 10.2. The highest BCUT2D eigenvalue weighted by Crippen LogP contribution is 2.38. The Morgan fingerprint density at radius 3 is 2.62 bits per heavy atom. The molecule has 0 aliphatic carbocycles. The van der Waals surface area contributed by atoms with Gasteiger partial charge in [-0.2, -0.15) is 9.57 Å². The number of hydrogen-bond donors (Lipinski definition) is 0. The highest BCUT2D eigenvalue weighted by atomic mass is 32.2. The minimum absolute atomic E-state index is 0.0642. The molecule has 0 radical (unpaired) electrons. The molecular weight excluding hydrogens is 304 g/mol. The lowest BCUT2D eigenvalue weighted by Crippen LogP contribution is -2.30. The van der Waals surface area contributed by atoms with E-state index in [1.165, 1.54) is 12.1 Å². The number of hydrogen-bond acceptors (Lipinski definition) is 4. The number of rotatable bonds is 3. The van der Waals surface area contributed by atoms with Crippen LogP contribution in [0.4, 0.5) is 0 Å². The highest BCUT2D eigenvalue weighted by Gasteiger charge is 2.36. The maximum Gasteiger partial charge on any atom is 0.243 e. The van der Waals surface area contributed by atoms with Gasteiger partial charge in [0.05, 0.1) is 22.6 Å². The molecule has 3 rings (SSSR count). The van der Waals surface area contributed by atoms with Gasteiger partial charge in [-0.05, 0) is 48.6 Å². The molecule has 1 aliphatic heterocycles. The van der Waals surface area contributed by atoms with Crippen LogP contribution in [0.5, 0.6) is 0 Å². The lowest BCUT2D eigenvalue weighted by Gasteiger charge is -2.23. The second kappa shape index (κ2) is 5.60. The summed E-state index contributed by atoms with van der Waals surface area (Å²) in [6.07, 6.45) is 1.73. The molecule has 0 bridgehead atoms. The third-order valence-electron chi connectivity index (χ3n) is 3.67. The van der Waals surface area contributed by atoms with E-state index in [2.05, 4.69) is 0 Å². The van der Waals surface area contributed by atoms with E-state index in [9.17, 15) is 8.42 Å². The van der Waals surface area contributed by atoms with Crippen molar-refractivity contribution in [1.29, 1.82) is 5.26 Å². The molecule has 2 aromatic rings. The van der Waals surface area contributed by atoms with Crippen LogP contribution in [0.1, 0.15) is 29.3 Å². The van der Waals surface area contributed by atoms with Crippen molar-refractivity contribution in [3.63, 3.8) is 0 Å². The van der Waals surface area contributed by atoms with E-state index in [4.69, 9.17) is 5.26 Å². The van der Waals surface area contributed by atoms with Gasteiger partial charge in [0.25, 0.3) is 0 Å². The Labute approximate surface area is 128 Å². The zero-order valence-corrected chi connectivity index (χ0v) is 12.9. The highest BCUT2D eigenvalue weighted by molar-refractivity contribution is 7.89. The Morgan fingerprint density at radius 1 is 1.24 bits per heavy atom. The van der Waals surface area contributed by atoms with E-state index in [-0.39, 0.29) is 10.9 Å². The number of nitriles is 1. The van der Waals surface area contributed by atoms with Gasteiger partial charge in [-0.3, -0.25) is 0 Å². The van der Waals surface area contributed by atoms with Crippen molar-refractivity contribution in [2.45, 2.75) is 23.8 Å². The van der Waals surface area contributed by atoms with Crippen molar-refractivity contribution in [2.75, 3.05) is 6.54 Å². The van der Waals surface area contributed by atoms with Gasteiger partial charge in [0.1, 0.15) is 0 Å². The summed E-state index contributed by atoms with van der Waals surface area (Å²) in [5.74, 6) is 0. The Balaban J connectivity index is 1.95. The van der Waals surface area contributed by atoms with Gasteiger partial charge in [-0.25, -0.2) is 8.42 Å². The van der Waals surface area contributed by atoms with Crippen molar-refractivity contribution in [1.82, 2.24) is 4.31 Å². The van der Waals surface area contributed by atoms with E-state index in [0.29, 0.717) is 12.1 Å². The SMILES string of the molecule is N#Cc1ccc(S(=O)(=O)N2CCC[C@@H]2c2cccs2)cc1. The average molecular weight is 318 g/mol. The summed E-state index contributed by atoms with van der Waals surface area (Å²) in [7, 11) is -3.51. The number of thiophene rings is 1. The van der Waals surface area contributed by atoms with Crippen LogP contribution >= 0.6 is 11.3 Å². The first-order valence-corrected chi connectivity index (χ1v) is 9.00. The van der Waals surface area contributed by atoms with Gasteiger partial charge in [0.2, 0.25) is 10.0 Å². The summed E-state index contributed by atoms with van der Waals surface area (Å²) in [4.78, 5) is 1.34. The quantitative estimate of drug-likeness (QED) is 0.873. The van der Waals surface area contributed by atoms with Crippen LogP contribution < -0.4 is 0 Å². The number of sulfonamides is 1. The van der Waals surface area contributed by atoms with Gasteiger partial charge in [-0.1, -0.05) is 6.07 Å². The van der Waals surface area contributed by atoms with Crippen molar-refractivity contribution >= 4 is 21.4 Å². The smallest absolute Gasteiger partial charge is 0.207 e. The normalized spacial score (nSPS) is 19.5. The molecule has 1 aromatic carbocycles. The topological polar surface area (TPSA) is 61.2 Å². The summed E-state index contributed by atoms with van der Waals surface area (Å²) < 4.78 is 27.2. The molecule has 1 aromatic heterocycles. The van der Waals surface area contributed by atoms with Crippen molar-refractivity contribution in [2.24, 2.45) is 0 Å². The van der Waals surface area contributed by atoms with Crippen LogP contribution in [0.3, 0.4) is 0 Å². The van der Waals surface area contributed by atoms with E-state index in [0.717, 1.165) is 17.7 Å². The molecule has 0 spiro atoms. The summed E-state index contributed by atoms with van der Waals surface area (Å²) in [6, 6.07) is 12.0. The third-order valence-corrected chi connectivity index (χ3v) is 6.56. The minimum Gasteiger partial charge on any atom is -0.207 e. The molecule has 0 saturated carbocycles. The van der Waals surface area contributed by atoms with Crippen LogP contribution in [-0.4, -0.2) is 19.3 Å². The molecule has 1 aliphatic rings. The van der Waals surface area contributed by atoms with Gasteiger partial charge in [0, 0.05) is 11.4 Å². The van der Waals surface area contributed by atoms with Gasteiger partial charge >= 0.3 is 0 Å². The number of nitrogens with zero attached hydrogens (tertiary/aromatic N) is 2. The van der Waals surface area contributed by atoms with Crippen LogP contribution in [0.15, 0.2) is 46.7 Å². The van der Waals surface area contributed by atoms with E-state index >= 15 is 0 Å². The molecule has 1 atom stereocenters. The molecule has 0 unspecified atom stereocenters. The molecule has 0 N–H and O–H groups in total. The van der Waals surface area contributed by atoms with Crippen molar-refractivity contribution in [3.05, 3.63) is 52.2 Å². The first-order chi connectivity index (χ1) is 10.1. The van der Waals surface area contributed by atoms with Crippen LogP contribution in [0.2, 0.25) is 0 Å². The zero-order chi connectivity index (χ0) is 14.9. The Morgan fingerprint density at radius 2 is 2.00 bits per heavy atom. The largest absolute Gasteiger partial charge is 0.243 e. The molecule has 1 fully saturated rings. The fraction of sp³-hybridized carbons (Fsp3) is 0.267. The molecular formula is C15H14N2O2S2. The van der Waals surface area contributed by atoms with Crippen molar-refractivity contribution in [3.8, 4) is 6.07 Å².